The highest BCUT2D eigenvalue weighted by molar-refractivity contribution is 5.91. The summed E-state index contributed by atoms with van der Waals surface area (Å²) in [5.74, 6) is 0.902. The zero-order chi connectivity index (χ0) is 22.1. The molecule has 1 aromatic carbocycles. The predicted molar refractivity (Wildman–Crippen MR) is 117 cm³/mol. The zero-order valence-corrected chi connectivity index (χ0v) is 18.8. The molecule has 0 spiro atoms. The summed E-state index contributed by atoms with van der Waals surface area (Å²) < 4.78 is 22.2. The summed E-state index contributed by atoms with van der Waals surface area (Å²) in [7, 11) is 3.06. The van der Waals surface area contributed by atoms with Crippen LogP contribution in [0.1, 0.15) is 42.5 Å². The molecule has 3 rings (SSSR count). The third-order valence-electron chi connectivity index (χ3n) is 5.93. The Morgan fingerprint density at radius 1 is 0.871 bits per heavy atom. The van der Waals surface area contributed by atoms with Crippen molar-refractivity contribution in [3.05, 3.63) is 17.7 Å². The van der Waals surface area contributed by atoms with Gasteiger partial charge in [0.15, 0.2) is 11.5 Å². The maximum Gasteiger partial charge on any atom is 0.338 e. The van der Waals surface area contributed by atoms with Gasteiger partial charge in [0.1, 0.15) is 0 Å². The van der Waals surface area contributed by atoms with Crippen molar-refractivity contribution in [3.8, 4) is 17.2 Å². The van der Waals surface area contributed by atoms with Crippen LogP contribution in [0.4, 0.5) is 0 Å². The third-order valence-corrected chi connectivity index (χ3v) is 5.93. The van der Waals surface area contributed by atoms with Gasteiger partial charge in [0, 0.05) is 26.2 Å². The van der Waals surface area contributed by atoms with Crippen LogP contribution in [-0.2, 0) is 4.74 Å². The van der Waals surface area contributed by atoms with Crippen LogP contribution in [0.25, 0.3) is 0 Å². The average molecular weight is 437 g/mol. The standard InChI is InChI=1S/C23H36N2O6/c1-28-20-16-18-17-21(22(20)29-2)30-14-3-6-19(26)7-11-25-9-4-8-24(12-13-25)10-5-15-31-23(18)27/h16-17,19,26H,3-15H2,1-2H3/t19-/m1/s1. The molecule has 174 valence electrons. The van der Waals surface area contributed by atoms with Gasteiger partial charge in [-0.25, -0.2) is 4.79 Å². The van der Waals surface area contributed by atoms with Gasteiger partial charge >= 0.3 is 5.97 Å². The number of hydrogen-bond acceptors (Lipinski definition) is 8. The van der Waals surface area contributed by atoms with E-state index in [-0.39, 0.29) is 6.10 Å². The number of esters is 1. The first kappa shape index (κ1) is 23.6. The first-order valence-electron chi connectivity index (χ1n) is 11.3. The fourth-order valence-corrected chi connectivity index (χ4v) is 4.14. The molecule has 3 atom stereocenters. The van der Waals surface area contributed by atoms with Crippen LogP contribution < -0.4 is 14.2 Å². The van der Waals surface area contributed by atoms with E-state index in [0.717, 1.165) is 58.5 Å². The van der Waals surface area contributed by atoms with Gasteiger partial charge in [-0.1, -0.05) is 0 Å². The van der Waals surface area contributed by atoms with Crippen molar-refractivity contribution in [2.75, 3.05) is 66.7 Å². The molecule has 31 heavy (non-hydrogen) atoms. The van der Waals surface area contributed by atoms with E-state index in [2.05, 4.69) is 9.80 Å². The van der Waals surface area contributed by atoms with E-state index in [1.54, 1.807) is 12.1 Å². The van der Waals surface area contributed by atoms with Crippen molar-refractivity contribution >= 4 is 5.97 Å². The van der Waals surface area contributed by atoms with Crippen molar-refractivity contribution in [1.29, 1.82) is 0 Å². The van der Waals surface area contributed by atoms with Gasteiger partial charge in [-0.15, -0.1) is 0 Å². The molecule has 2 aliphatic rings. The van der Waals surface area contributed by atoms with Gasteiger partial charge in [-0.05, 0) is 57.3 Å². The van der Waals surface area contributed by atoms with Crippen molar-refractivity contribution in [1.82, 2.24) is 9.80 Å². The molecule has 0 saturated carbocycles. The number of ether oxygens (including phenoxy) is 4. The number of cyclic esters (lactones) is 1. The molecule has 0 amide bonds. The second kappa shape index (κ2) is 12.1. The maximum atomic E-state index is 12.6. The highest BCUT2D eigenvalue weighted by Gasteiger charge is 2.20. The number of nitrogens with zero attached hydrogens (tertiary/aromatic N) is 2. The molecule has 1 fully saturated rings. The van der Waals surface area contributed by atoms with Crippen LogP contribution in [0.15, 0.2) is 12.1 Å². The minimum absolute atomic E-state index is 0.345. The molecule has 4 bridgehead atoms. The van der Waals surface area contributed by atoms with Gasteiger partial charge in [0.05, 0.1) is 39.1 Å². The largest absolute Gasteiger partial charge is 0.493 e. The second-order valence-corrected chi connectivity index (χ2v) is 8.17. The van der Waals surface area contributed by atoms with Gasteiger partial charge < -0.3 is 33.9 Å². The van der Waals surface area contributed by atoms with Gasteiger partial charge in [0.25, 0.3) is 0 Å². The van der Waals surface area contributed by atoms with Crippen molar-refractivity contribution < 1.29 is 28.8 Å². The minimum atomic E-state index is -0.402. The first-order chi connectivity index (χ1) is 15.1. The SMILES string of the molecule is COc1cc2cc(c1OC)OCCC[C@@H](O)CCN1CCCN(CCCOC2=O)CC1. The lowest BCUT2D eigenvalue weighted by Crippen LogP contribution is -2.33. The number of aliphatic hydroxyl groups excluding tert-OH is 1. The van der Waals surface area contributed by atoms with Crippen molar-refractivity contribution in [2.24, 2.45) is 0 Å². The number of carbonyl (C=O) groups excluding carboxylic acids is 1. The molecule has 1 N–H and O–H groups in total. The number of benzene rings is 1. The molecule has 2 heterocycles. The topological polar surface area (TPSA) is 80.7 Å². The molecule has 2 unspecified atom stereocenters. The number of carbonyl (C=O) groups is 1. The summed E-state index contributed by atoms with van der Waals surface area (Å²) in [5, 5.41) is 10.4. The quantitative estimate of drug-likeness (QED) is 0.707. The van der Waals surface area contributed by atoms with Crippen molar-refractivity contribution in [3.63, 3.8) is 0 Å². The second-order valence-electron chi connectivity index (χ2n) is 8.17. The van der Waals surface area contributed by atoms with Crippen LogP contribution in [0.2, 0.25) is 0 Å². The third kappa shape index (κ3) is 6.98. The molecule has 8 heteroatoms. The molecular weight excluding hydrogens is 400 g/mol. The highest BCUT2D eigenvalue weighted by atomic mass is 16.5. The summed E-state index contributed by atoms with van der Waals surface area (Å²) in [5.41, 5.74) is 0.371. The van der Waals surface area contributed by atoms with Gasteiger partial charge in [0.2, 0.25) is 5.75 Å². The Morgan fingerprint density at radius 2 is 1.58 bits per heavy atom. The van der Waals surface area contributed by atoms with Crippen LogP contribution in [0.3, 0.4) is 0 Å². The van der Waals surface area contributed by atoms with E-state index in [0.29, 0.717) is 48.9 Å². The summed E-state index contributed by atoms with van der Waals surface area (Å²) in [6, 6.07) is 3.25. The minimum Gasteiger partial charge on any atom is -0.493 e. The molecule has 8 nitrogen and oxygen atoms in total. The molecule has 1 aromatic rings. The lowest BCUT2D eigenvalue weighted by molar-refractivity contribution is 0.0487. The summed E-state index contributed by atoms with van der Waals surface area (Å²) in [4.78, 5) is 17.5. The summed E-state index contributed by atoms with van der Waals surface area (Å²) in [6.45, 7) is 6.76. The van der Waals surface area contributed by atoms with Gasteiger partial charge in [-0.2, -0.15) is 0 Å². The average Bonchev–Trinajstić information content (AvgIpc) is 3.02. The van der Waals surface area contributed by atoms with E-state index in [4.69, 9.17) is 18.9 Å². The highest BCUT2D eigenvalue weighted by Crippen LogP contribution is 2.38. The van der Waals surface area contributed by atoms with Crippen LogP contribution in [0.5, 0.6) is 17.2 Å². The number of aliphatic hydroxyl groups is 1. The van der Waals surface area contributed by atoms with Crippen LogP contribution >= 0.6 is 0 Å². The Balaban J connectivity index is 1.73. The van der Waals surface area contributed by atoms with E-state index in [9.17, 15) is 9.90 Å². The van der Waals surface area contributed by atoms with E-state index in [1.807, 2.05) is 0 Å². The van der Waals surface area contributed by atoms with Crippen LogP contribution in [-0.4, -0.2) is 93.7 Å². The normalized spacial score (nSPS) is 26.4. The molecular formula is C23H36N2O6. The fraction of sp³-hybridized carbons (Fsp3) is 0.696. The van der Waals surface area contributed by atoms with E-state index >= 15 is 0 Å². The fourth-order valence-electron chi connectivity index (χ4n) is 4.14. The number of hydrogen-bond donors (Lipinski definition) is 1. The van der Waals surface area contributed by atoms with E-state index in [1.165, 1.54) is 14.2 Å². The Hall–Kier alpha value is -2.03. The van der Waals surface area contributed by atoms with Crippen molar-refractivity contribution in [2.45, 2.75) is 38.2 Å². The Morgan fingerprint density at radius 3 is 2.32 bits per heavy atom. The Kier molecular flexibility index (Phi) is 9.24. The zero-order valence-electron chi connectivity index (χ0n) is 18.8. The molecule has 0 radical (unpaired) electrons. The monoisotopic (exact) mass is 436 g/mol. The maximum absolute atomic E-state index is 12.6. The Labute approximate surface area is 185 Å². The molecule has 2 aliphatic heterocycles. The lowest BCUT2D eigenvalue weighted by Gasteiger charge is -2.22. The van der Waals surface area contributed by atoms with Gasteiger partial charge in [-0.3, -0.25) is 0 Å². The van der Waals surface area contributed by atoms with E-state index < -0.39 is 5.97 Å². The number of fused-ring (bicyclic) bond motifs is 5. The first-order valence-corrected chi connectivity index (χ1v) is 11.3. The predicted octanol–water partition coefficient (Wildman–Crippen LogP) is 2.18. The smallest absolute Gasteiger partial charge is 0.338 e. The van der Waals surface area contributed by atoms with Crippen LogP contribution in [0, 0.1) is 0 Å². The molecule has 0 aliphatic carbocycles. The number of rotatable bonds is 2. The number of methoxy groups -OCH3 is 2. The lowest BCUT2D eigenvalue weighted by atomic mass is 10.1. The Bertz CT molecular complexity index is 714. The summed E-state index contributed by atoms with van der Waals surface area (Å²) in [6.07, 6.45) is 3.72. The molecule has 1 saturated heterocycles. The molecule has 0 aromatic heterocycles. The summed E-state index contributed by atoms with van der Waals surface area (Å²) >= 11 is 0.